The second kappa shape index (κ2) is 10.9. The van der Waals surface area contributed by atoms with Crippen LogP contribution in [-0.2, 0) is 38.2 Å². The van der Waals surface area contributed by atoms with Gasteiger partial charge in [0, 0.05) is 24.4 Å². The maximum atomic E-state index is 12.1. The van der Waals surface area contributed by atoms with Gasteiger partial charge in [-0.15, -0.1) is 4.40 Å². The van der Waals surface area contributed by atoms with E-state index >= 15 is 0 Å². The topological polar surface area (TPSA) is 181 Å². The molecule has 0 amide bonds. The van der Waals surface area contributed by atoms with Crippen molar-refractivity contribution in [2.45, 2.75) is 11.4 Å². The predicted octanol–water partition coefficient (Wildman–Crippen LogP) is 1.48. The summed E-state index contributed by atoms with van der Waals surface area (Å²) in [5.41, 5.74) is 14.6. The molecule has 5 N–H and O–H groups in total. The third-order valence-electron chi connectivity index (χ3n) is 5.23. The monoisotopic (exact) mass is 531 g/mol. The van der Waals surface area contributed by atoms with Gasteiger partial charge in [-0.3, -0.25) is 4.18 Å². The number of guanidine groups is 1. The number of fused-ring (bicyclic) bond motifs is 2. The molecule has 36 heavy (non-hydrogen) atoms. The number of aryl methyl sites for hydroxylation is 1. The Morgan fingerprint density at radius 3 is 1.83 bits per heavy atom. The molecule has 190 valence electrons. The molecule has 0 spiro atoms. The summed E-state index contributed by atoms with van der Waals surface area (Å²) in [5, 5.41) is 5.72. The summed E-state index contributed by atoms with van der Waals surface area (Å²) in [4.78, 5) is 0.0316. The van der Waals surface area contributed by atoms with E-state index < -0.39 is 26.4 Å². The molecule has 0 radical (unpaired) electrons. The maximum Gasteiger partial charge on any atom is 0.285 e. The average molecular weight is 532 g/mol. The minimum Gasteiger partial charge on any atom is -0.726 e. The van der Waals surface area contributed by atoms with Gasteiger partial charge in [-0.2, -0.15) is 13.0 Å². The Hall–Kier alpha value is -3.78. The molecule has 0 aliphatic rings. The van der Waals surface area contributed by atoms with Gasteiger partial charge >= 0.3 is 0 Å². The van der Waals surface area contributed by atoms with Crippen LogP contribution >= 0.6 is 0 Å². The lowest BCUT2D eigenvalue weighted by Gasteiger charge is -2.12. The van der Waals surface area contributed by atoms with Crippen molar-refractivity contribution in [1.29, 1.82) is 0 Å². The highest BCUT2D eigenvalue weighted by Gasteiger charge is 2.17. The molecule has 0 saturated carbocycles. The van der Waals surface area contributed by atoms with Crippen molar-refractivity contribution in [1.82, 2.24) is 0 Å². The molecule has 13 heteroatoms. The number of sulfonamides is 1. The van der Waals surface area contributed by atoms with E-state index in [1.165, 1.54) is 17.7 Å². The number of nitrogens with zero attached hydrogens (tertiary/aromatic N) is 2. The molecule has 4 aromatic rings. The Bertz CT molecular complexity index is 1580. The van der Waals surface area contributed by atoms with Gasteiger partial charge in [-0.05, 0) is 42.0 Å². The second-order valence-corrected chi connectivity index (χ2v) is 10.3. The lowest BCUT2D eigenvalue weighted by atomic mass is 10.0. The van der Waals surface area contributed by atoms with E-state index in [-0.39, 0.29) is 4.90 Å². The van der Waals surface area contributed by atoms with Crippen LogP contribution in [0.1, 0.15) is 5.56 Å². The summed E-state index contributed by atoms with van der Waals surface area (Å²) in [6, 6.07) is 22.9. The first kappa shape index (κ1) is 26.8. The molecule has 1 heterocycles. The standard InChI is InChI=1S/C22H22N5O2S.CH4O4S/c1-27-20-8-4-2-6-17(20)19(18-7-3-5-9-21(18)27)14-25-15-10-12-16(13-11-15)30(28,29)26-22(23)24;1-5-6(2,3)4/h2-13,25H,14H2,1H3,(H4,23,24,26);1H3,(H,2,3,4)/q+1;/p-1. The molecule has 3 aromatic carbocycles. The van der Waals surface area contributed by atoms with Crippen molar-refractivity contribution in [3.05, 3.63) is 78.4 Å². The van der Waals surface area contributed by atoms with Crippen molar-refractivity contribution in [2.75, 3.05) is 12.4 Å². The van der Waals surface area contributed by atoms with Crippen LogP contribution in [0.5, 0.6) is 0 Å². The van der Waals surface area contributed by atoms with Crippen LogP contribution in [0.4, 0.5) is 5.69 Å². The first-order chi connectivity index (χ1) is 16.9. The van der Waals surface area contributed by atoms with Gasteiger partial charge < -0.3 is 21.3 Å². The number of hydrogen-bond donors (Lipinski definition) is 3. The van der Waals surface area contributed by atoms with Crippen LogP contribution in [0.3, 0.4) is 0 Å². The molecule has 1 aromatic heterocycles. The average Bonchev–Trinajstić information content (AvgIpc) is 2.83. The van der Waals surface area contributed by atoms with Gasteiger partial charge in [-0.1, -0.05) is 24.3 Å². The zero-order valence-corrected chi connectivity index (χ0v) is 21.1. The van der Waals surface area contributed by atoms with Crippen LogP contribution < -0.4 is 21.4 Å². The second-order valence-electron chi connectivity index (χ2n) is 7.52. The van der Waals surface area contributed by atoms with E-state index in [1.807, 2.05) is 24.3 Å². The number of pyridine rings is 1. The highest BCUT2D eigenvalue weighted by atomic mass is 32.3. The zero-order chi connectivity index (χ0) is 26.5. The SMILES string of the molecule is COS(=O)(=O)[O-].C[n+]1c2ccccc2c(CNc2ccc(S(=O)(=O)N=C(N)N)cc2)c2ccccc21. The van der Waals surface area contributed by atoms with Crippen LogP contribution in [0.25, 0.3) is 21.8 Å². The number of nitrogens with one attached hydrogen (secondary N) is 1. The van der Waals surface area contributed by atoms with Crippen LogP contribution in [0.2, 0.25) is 0 Å². The van der Waals surface area contributed by atoms with Crippen molar-refractivity contribution in [3.63, 3.8) is 0 Å². The van der Waals surface area contributed by atoms with E-state index in [4.69, 9.17) is 11.5 Å². The largest absolute Gasteiger partial charge is 0.726 e. The van der Waals surface area contributed by atoms with Crippen molar-refractivity contribution < 1.29 is 30.1 Å². The maximum absolute atomic E-state index is 12.1. The predicted molar refractivity (Wildman–Crippen MR) is 136 cm³/mol. The fourth-order valence-electron chi connectivity index (χ4n) is 3.63. The number of aromatic nitrogens is 1. The number of rotatable bonds is 6. The first-order valence-corrected chi connectivity index (χ1v) is 13.2. The molecule has 0 bridgehead atoms. The fourth-order valence-corrected chi connectivity index (χ4v) is 4.50. The highest BCUT2D eigenvalue weighted by Crippen LogP contribution is 2.26. The molecule has 0 saturated heterocycles. The van der Waals surface area contributed by atoms with Gasteiger partial charge in [0.05, 0.1) is 22.8 Å². The van der Waals surface area contributed by atoms with Gasteiger partial charge in [0.25, 0.3) is 10.0 Å². The molecule has 11 nitrogen and oxygen atoms in total. The summed E-state index contributed by atoms with van der Waals surface area (Å²) in [6.07, 6.45) is 0. The summed E-state index contributed by atoms with van der Waals surface area (Å²) < 4.78 is 60.7. The quantitative estimate of drug-likeness (QED) is 0.0829. The van der Waals surface area contributed by atoms with Crippen molar-refractivity contribution in [3.8, 4) is 0 Å². The van der Waals surface area contributed by atoms with E-state index in [2.05, 4.69) is 49.8 Å². The van der Waals surface area contributed by atoms with E-state index in [9.17, 15) is 21.4 Å². The van der Waals surface area contributed by atoms with Crippen LogP contribution in [-0.4, -0.2) is 34.5 Å². The van der Waals surface area contributed by atoms with Crippen molar-refractivity contribution in [2.24, 2.45) is 22.9 Å². The van der Waals surface area contributed by atoms with Gasteiger partial charge in [-0.25, -0.2) is 8.42 Å². The Balaban J connectivity index is 0.000000538. The highest BCUT2D eigenvalue weighted by molar-refractivity contribution is 7.90. The third-order valence-corrected chi connectivity index (χ3v) is 6.96. The number of para-hydroxylation sites is 2. The van der Waals surface area contributed by atoms with Gasteiger partial charge in [0.1, 0.15) is 7.05 Å². The molecule has 0 atom stereocenters. The fraction of sp³-hybridized carbons (Fsp3) is 0.130. The molecular formula is C23H25N5O6S2. The summed E-state index contributed by atoms with van der Waals surface area (Å²) in [7, 11) is -5.44. The van der Waals surface area contributed by atoms with E-state index in [0.717, 1.165) is 34.6 Å². The van der Waals surface area contributed by atoms with Crippen LogP contribution in [0, 0.1) is 0 Å². The van der Waals surface area contributed by atoms with Crippen molar-refractivity contribution >= 4 is 53.9 Å². The number of nitrogens with two attached hydrogens (primary N) is 2. The third kappa shape index (κ3) is 6.46. The lowest BCUT2D eigenvalue weighted by Crippen LogP contribution is -2.30. The Kier molecular flexibility index (Phi) is 8.10. The number of benzene rings is 3. The molecule has 0 aliphatic heterocycles. The Morgan fingerprint density at radius 1 is 0.917 bits per heavy atom. The molecular weight excluding hydrogens is 506 g/mol. The first-order valence-electron chi connectivity index (χ1n) is 10.4. The lowest BCUT2D eigenvalue weighted by molar-refractivity contribution is -0.617. The summed E-state index contributed by atoms with van der Waals surface area (Å²) in [5.74, 6) is -0.492. The van der Waals surface area contributed by atoms with E-state index in [0.29, 0.717) is 6.54 Å². The van der Waals surface area contributed by atoms with Crippen LogP contribution in [0.15, 0.2) is 82.1 Å². The molecule has 0 unspecified atom stereocenters. The minimum absolute atomic E-state index is 0.0316. The Labute approximate surface area is 209 Å². The smallest absolute Gasteiger partial charge is 0.285 e. The minimum atomic E-state index is -4.41. The number of hydrogen-bond acceptors (Lipinski definition) is 7. The van der Waals surface area contributed by atoms with E-state index in [1.54, 1.807) is 12.1 Å². The summed E-state index contributed by atoms with van der Waals surface area (Å²) >= 11 is 0. The zero-order valence-electron chi connectivity index (χ0n) is 19.5. The van der Waals surface area contributed by atoms with Gasteiger partial charge in [0.15, 0.2) is 0 Å². The normalized spacial score (nSPS) is 11.5. The molecule has 0 aliphatic carbocycles. The molecule has 4 rings (SSSR count). The van der Waals surface area contributed by atoms with Gasteiger partial charge in [0.2, 0.25) is 27.4 Å². The molecule has 0 fully saturated rings. The summed E-state index contributed by atoms with van der Waals surface area (Å²) in [6.45, 7) is 0.585. The Morgan fingerprint density at radius 2 is 1.39 bits per heavy atom. The number of anilines is 1.